The molecule has 0 saturated heterocycles. The van der Waals surface area contributed by atoms with Crippen LogP contribution in [0.5, 0.6) is 5.75 Å². The van der Waals surface area contributed by atoms with Gasteiger partial charge in [0.15, 0.2) is 0 Å². The van der Waals surface area contributed by atoms with Crippen molar-refractivity contribution in [1.29, 1.82) is 0 Å². The maximum absolute atomic E-state index is 5.90. The standard InChI is InChI=1S/C29H31OP.6FH.Sb/c1-2-3-23-30-26-21-19-25(20-22-26)24-31(27-13-7-4-8-14-27,28-15-9-5-10-16-28)29-17-11-6-12-18-29;;;;;;;/h4-22,31H,2-3,23-24H2,1H3;6*1H;. The molecular formula is C29H37F6OPSb. The third kappa shape index (κ3) is 10.00. The zero-order valence-electron chi connectivity index (χ0n) is 21.1. The summed E-state index contributed by atoms with van der Waals surface area (Å²) < 4.78 is 5.90. The van der Waals surface area contributed by atoms with Gasteiger partial charge in [-0.05, 0) is 0 Å². The number of rotatable bonds is 9. The van der Waals surface area contributed by atoms with E-state index in [1.165, 1.54) is 21.5 Å². The van der Waals surface area contributed by atoms with Crippen molar-refractivity contribution < 1.29 is 33.0 Å². The van der Waals surface area contributed by atoms with Crippen LogP contribution in [0.15, 0.2) is 115 Å². The molecule has 0 aromatic heterocycles. The van der Waals surface area contributed by atoms with E-state index in [0.29, 0.717) is 0 Å². The van der Waals surface area contributed by atoms with Crippen molar-refractivity contribution in [2.45, 2.75) is 25.9 Å². The minimum absolute atomic E-state index is 0. The van der Waals surface area contributed by atoms with E-state index in [-0.39, 0.29) is 52.7 Å². The fourth-order valence-electron chi connectivity index (χ4n) is 4.32. The fraction of sp³-hybridized carbons (Fsp3) is 0.172. The van der Waals surface area contributed by atoms with Gasteiger partial charge in [-0.2, -0.15) is 0 Å². The Labute approximate surface area is 239 Å². The number of hydrogen-bond acceptors (Lipinski definition) is 1. The Morgan fingerprint density at radius 1 is 0.526 bits per heavy atom. The summed E-state index contributed by atoms with van der Waals surface area (Å²) in [6.45, 7) is 2.97. The van der Waals surface area contributed by atoms with Gasteiger partial charge < -0.3 is 0 Å². The van der Waals surface area contributed by atoms with E-state index in [4.69, 9.17) is 4.74 Å². The van der Waals surface area contributed by atoms with E-state index in [0.717, 1.165) is 31.4 Å². The molecule has 0 N–H and O–H groups in total. The molecule has 0 saturated carbocycles. The normalized spacial score (nSPS) is 9.61. The Kier molecular flexibility index (Phi) is 24.0. The van der Waals surface area contributed by atoms with Crippen LogP contribution in [-0.4, -0.2) is 31.0 Å². The predicted octanol–water partition coefficient (Wildman–Crippen LogP) is 6.63. The molecule has 3 radical (unpaired) electrons. The quantitative estimate of drug-likeness (QED) is 0.0844. The molecule has 0 heterocycles. The molecule has 0 amide bonds. The molecule has 38 heavy (non-hydrogen) atoms. The van der Waals surface area contributed by atoms with Crippen LogP contribution in [0.25, 0.3) is 0 Å². The van der Waals surface area contributed by atoms with E-state index < -0.39 is 7.26 Å². The van der Waals surface area contributed by atoms with Crippen molar-refractivity contribution in [2.75, 3.05) is 6.61 Å². The first-order valence-electron chi connectivity index (χ1n) is 11.2. The van der Waals surface area contributed by atoms with Crippen molar-refractivity contribution in [3.8, 4) is 5.75 Å². The summed E-state index contributed by atoms with van der Waals surface area (Å²) >= 11 is 0. The number of hydrogen-bond donors (Lipinski definition) is 0. The maximum Gasteiger partial charge on any atom is 0 e. The van der Waals surface area contributed by atoms with Crippen LogP contribution in [0.1, 0.15) is 25.3 Å². The molecule has 1 nitrogen and oxygen atoms in total. The molecule has 0 aliphatic carbocycles. The molecular weight excluding hydrogens is 631 g/mol. The SMILES string of the molecule is CCCCOc1ccc(C[PH](c2ccccc2)(c2ccccc2)c2ccccc2)cc1.F.F.F.F.F.F.[Sb]. The van der Waals surface area contributed by atoms with Gasteiger partial charge >= 0.3 is 187 Å². The van der Waals surface area contributed by atoms with Crippen LogP contribution < -0.4 is 20.7 Å². The second kappa shape index (κ2) is 21.4. The topological polar surface area (TPSA) is 9.23 Å². The molecule has 4 aromatic carbocycles. The van der Waals surface area contributed by atoms with Crippen molar-refractivity contribution in [2.24, 2.45) is 0 Å². The van der Waals surface area contributed by atoms with Crippen LogP contribution in [0, 0.1) is 0 Å². The molecule has 0 aliphatic heterocycles. The minimum Gasteiger partial charge on any atom is -0.269 e. The van der Waals surface area contributed by atoms with E-state index in [1.807, 2.05) is 0 Å². The molecule has 0 aliphatic rings. The molecule has 0 unspecified atom stereocenters. The summed E-state index contributed by atoms with van der Waals surface area (Å²) in [5.74, 6) is 0.962. The summed E-state index contributed by atoms with van der Waals surface area (Å²) in [5.41, 5.74) is 1.35. The molecule has 0 fully saturated rings. The Morgan fingerprint density at radius 3 is 1.24 bits per heavy atom. The molecule has 0 bridgehead atoms. The van der Waals surface area contributed by atoms with E-state index in [1.54, 1.807) is 0 Å². The van der Waals surface area contributed by atoms with Gasteiger partial charge in [-0.15, -0.1) is 0 Å². The molecule has 4 aromatic rings. The predicted molar refractivity (Wildman–Crippen MR) is 158 cm³/mol. The van der Waals surface area contributed by atoms with Crippen molar-refractivity contribution >= 4 is 47.6 Å². The molecule has 9 heteroatoms. The van der Waals surface area contributed by atoms with Crippen LogP contribution in [-0.2, 0) is 6.16 Å². The Bertz CT molecular complexity index is 978. The first-order valence-corrected chi connectivity index (χ1v) is 13.4. The Hall–Kier alpha value is -2.49. The van der Waals surface area contributed by atoms with Crippen LogP contribution in [0.4, 0.5) is 28.2 Å². The van der Waals surface area contributed by atoms with Crippen molar-refractivity contribution in [1.82, 2.24) is 0 Å². The van der Waals surface area contributed by atoms with E-state index in [2.05, 4.69) is 122 Å². The van der Waals surface area contributed by atoms with Gasteiger partial charge in [-0.3, -0.25) is 28.2 Å². The van der Waals surface area contributed by atoms with Crippen LogP contribution in [0.3, 0.4) is 0 Å². The zero-order valence-corrected chi connectivity index (χ0v) is 24.7. The molecule has 0 spiro atoms. The maximum atomic E-state index is 5.90. The number of unbranched alkanes of at least 4 members (excludes halogenated alkanes) is 1. The van der Waals surface area contributed by atoms with Gasteiger partial charge in [0.1, 0.15) is 0 Å². The molecule has 4 rings (SSSR count). The smallest absolute Gasteiger partial charge is 0 e. The first kappa shape index (κ1) is 42.6. The first-order chi connectivity index (χ1) is 15.3. The van der Waals surface area contributed by atoms with Gasteiger partial charge in [0.2, 0.25) is 0 Å². The van der Waals surface area contributed by atoms with Crippen molar-refractivity contribution in [3.63, 3.8) is 0 Å². The second-order valence-electron chi connectivity index (χ2n) is 8.03. The second-order valence-corrected chi connectivity index (χ2v) is 11.9. The Balaban J connectivity index is -0.000000826. The largest absolute Gasteiger partial charge is 0.269 e. The van der Waals surface area contributed by atoms with Gasteiger partial charge in [0.25, 0.3) is 0 Å². The van der Waals surface area contributed by atoms with Crippen LogP contribution >= 0.6 is 7.26 Å². The van der Waals surface area contributed by atoms with Gasteiger partial charge in [-0.25, -0.2) is 0 Å². The minimum atomic E-state index is -2.25. The summed E-state index contributed by atoms with van der Waals surface area (Å²) in [6, 6.07) is 42.0. The third-order valence-electron chi connectivity index (χ3n) is 5.96. The van der Waals surface area contributed by atoms with Crippen molar-refractivity contribution in [3.05, 3.63) is 121 Å². The summed E-state index contributed by atoms with van der Waals surface area (Å²) in [7, 11) is -2.25. The monoisotopic (exact) mass is 667 g/mol. The Morgan fingerprint density at radius 2 is 0.895 bits per heavy atom. The van der Waals surface area contributed by atoms with Gasteiger partial charge in [-0.1, -0.05) is 0 Å². The van der Waals surface area contributed by atoms with E-state index >= 15 is 0 Å². The number of halogens is 6. The van der Waals surface area contributed by atoms with Crippen LogP contribution in [0.2, 0.25) is 0 Å². The molecule has 211 valence electrons. The van der Waals surface area contributed by atoms with Gasteiger partial charge in [0, 0.05) is 24.4 Å². The van der Waals surface area contributed by atoms with E-state index in [9.17, 15) is 0 Å². The average molecular weight is 668 g/mol. The van der Waals surface area contributed by atoms with Gasteiger partial charge in [0.05, 0.1) is 0 Å². The summed E-state index contributed by atoms with van der Waals surface area (Å²) in [4.78, 5) is 0. The number of benzene rings is 4. The fourth-order valence-corrected chi connectivity index (χ4v) is 9.06. The third-order valence-corrected chi connectivity index (χ3v) is 10.9. The average Bonchev–Trinajstić information content (AvgIpc) is 2.85. The summed E-state index contributed by atoms with van der Waals surface area (Å²) in [6.07, 6.45) is 3.26. The summed E-state index contributed by atoms with van der Waals surface area (Å²) in [5, 5.41) is 4.32. The molecule has 0 atom stereocenters. The number of ether oxygens (including phenoxy) is 1. The zero-order chi connectivity index (χ0) is 21.4.